The molecule has 0 aliphatic heterocycles. The maximum Gasteiger partial charge on any atom is 0.0468 e. The van der Waals surface area contributed by atoms with Crippen molar-refractivity contribution < 1.29 is 0 Å². The molecule has 0 amide bonds. The van der Waals surface area contributed by atoms with Gasteiger partial charge in [-0.25, -0.2) is 0 Å². The van der Waals surface area contributed by atoms with E-state index in [0.717, 1.165) is 18.5 Å². The molecule has 0 saturated heterocycles. The third-order valence-corrected chi connectivity index (χ3v) is 2.99. The van der Waals surface area contributed by atoms with Gasteiger partial charge in [0.15, 0.2) is 0 Å². The molecule has 0 radical (unpaired) electrons. The average Bonchev–Trinajstić information content (AvgIpc) is 2.16. The molecule has 0 saturated carbocycles. The summed E-state index contributed by atoms with van der Waals surface area (Å²) in [6, 6.07) is 5.82. The van der Waals surface area contributed by atoms with E-state index in [0.29, 0.717) is 10.0 Å². The lowest BCUT2D eigenvalue weighted by molar-refractivity contribution is 0.576. The van der Waals surface area contributed by atoms with Gasteiger partial charge in [0.25, 0.3) is 0 Å². The molecule has 1 N–H and O–H groups in total. The highest BCUT2D eigenvalue weighted by Gasteiger charge is 2.08. The Morgan fingerprint density at radius 3 is 2.69 bits per heavy atom. The Labute approximate surface area is 107 Å². The van der Waals surface area contributed by atoms with Crippen LogP contribution in [-0.2, 0) is 0 Å². The van der Waals surface area contributed by atoms with Crippen LogP contribution in [0.5, 0.6) is 0 Å². The van der Waals surface area contributed by atoms with Crippen molar-refractivity contribution in [3.8, 4) is 0 Å². The van der Waals surface area contributed by atoms with Gasteiger partial charge in [0.1, 0.15) is 0 Å². The zero-order valence-corrected chi connectivity index (χ0v) is 11.2. The molecule has 1 nitrogen and oxygen atoms in total. The standard InChI is InChI=1S/C13H17Cl2N/c1-9(2)6-7-16-10(3)12-5-4-11(14)8-13(12)15/h4-5,8,10,16H,1,6-7H2,2-3H3. The van der Waals surface area contributed by atoms with Crippen LogP contribution in [0.1, 0.15) is 31.9 Å². The first kappa shape index (κ1) is 13.6. The minimum atomic E-state index is 0.226. The Bertz CT molecular complexity index is 374. The van der Waals surface area contributed by atoms with Crippen molar-refractivity contribution in [2.24, 2.45) is 0 Å². The minimum absolute atomic E-state index is 0.226. The fourth-order valence-corrected chi connectivity index (χ4v) is 2.04. The predicted molar refractivity (Wildman–Crippen MR) is 72.3 cm³/mol. The van der Waals surface area contributed by atoms with E-state index in [1.54, 1.807) is 6.07 Å². The lowest BCUT2D eigenvalue weighted by atomic mass is 10.1. The van der Waals surface area contributed by atoms with Crippen molar-refractivity contribution in [3.05, 3.63) is 46.0 Å². The largest absolute Gasteiger partial charge is 0.310 e. The molecule has 0 aliphatic rings. The summed E-state index contributed by atoms with van der Waals surface area (Å²) in [5.41, 5.74) is 2.26. The number of rotatable bonds is 5. The van der Waals surface area contributed by atoms with Gasteiger partial charge in [0, 0.05) is 16.1 Å². The minimum Gasteiger partial charge on any atom is -0.310 e. The van der Waals surface area contributed by atoms with E-state index in [9.17, 15) is 0 Å². The van der Waals surface area contributed by atoms with Gasteiger partial charge in [-0.05, 0) is 44.5 Å². The van der Waals surface area contributed by atoms with Gasteiger partial charge in [-0.2, -0.15) is 0 Å². The molecule has 1 aromatic rings. The lowest BCUT2D eigenvalue weighted by Crippen LogP contribution is -2.20. The first-order valence-electron chi connectivity index (χ1n) is 5.33. The van der Waals surface area contributed by atoms with E-state index in [2.05, 4.69) is 18.8 Å². The highest BCUT2D eigenvalue weighted by Crippen LogP contribution is 2.25. The third-order valence-electron chi connectivity index (χ3n) is 2.43. The summed E-state index contributed by atoms with van der Waals surface area (Å²) in [5, 5.41) is 4.78. The van der Waals surface area contributed by atoms with Crippen molar-refractivity contribution in [2.45, 2.75) is 26.3 Å². The van der Waals surface area contributed by atoms with E-state index >= 15 is 0 Å². The molecule has 0 aliphatic carbocycles. The zero-order chi connectivity index (χ0) is 12.1. The van der Waals surface area contributed by atoms with Gasteiger partial charge in [-0.15, -0.1) is 6.58 Å². The Kier molecular flexibility index (Phi) is 5.33. The molecule has 3 heteroatoms. The third kappa shape index (κ3) is 4.17. The van der Waals surface area contributed by atoms with Crippen LogP contribution in [0.2, 0.25) is 10.0 Å². The monoisotopic (exact) mass is 257 g/mol. The Morgan fingerprint density at radius 2 is 2.12 bits per heavy atom. The quantitative estimate of drug-likeness (QED) is 0.760. The molecule has 1 atom stereocenters. The molecular formula is C13H17Cl2N. The van der Waals surface area contributed by atoms with Crippen LogP contribution in [-0.4, -0.2) is 6.54 Å². The topological polar surface area (TPSA) is 12.0 Å². The second kappa shape index (κ2) is 6.29. The Hall–Kier alpha value is -0.500. The van der Waals surface area contributed by atoms with Gasteiger partial charge in [-0.1, -0.05) is 34.8 Å². The van der Waals surface area contributed by atoms with Crippen LogP contribution in [0, 0.1) is 0 Å². The van der Waals surface area contributed by atoms with Crippen molar-refractivity contribution >= 4 is 23.2 Å². The van der Waals surface area contributed by atoms with Crippen LogP contribution in [0.25, 0.3) is 0 Å². The molecule has 0 spiro atoms. The lowest BCUT2D eigenvalue weighted by Gasteiger charge is -2.15. The van der Waals surface area contributed by atoms with Crippen LogP contribution in [0.4, 0.5) is 0 Å². The number of hydrogen-bond donors (Lipinski definition) is 1. The summed E-state index contributed by atoms with van der Waals surface area (Å²) >= 11 is 12.0. The molecule has 1 unspecified atom stereocenters. The number of nitrogens with one attached hydrogen (secondary N) is 1. The molecule has 0 bridgehead atoms. The second-order valence-electron chi connectivity index (χ2n) is 4.05. The van der Waals surface area contributed by atoms with E-state index in [-0.39, 0.29) is 6.04 Å². The second-order valence-corrected chi connectivity index (χ2v) is 4.89. The van der Waals surface area contributed by atoms with Crippen LogP contribution in [0.15, 0.2) is 30.4 Å². The molecule has 0 fully saturated rings. The molecule has 88 valence electrons. The number of benzene rings is 1. The molecule has 1 aromatic carbocycles. The fourth-order valence-electron chi connectivity index (χ4n) is 1.46. The van der Waals surface area contributed by atoms with Crippen molar-refractivity contribution in [1.29, 1.82) is 0 Å². The van der Waals surface area contributed by atoms with Crippen molar-refractivity contribution in [1.82, 2.24) is 5.32 Å². The molecule has 0 heterocycles. The summed E-state index contributed by atoms with van der Waals surface area (Å²) in [5.74, 6) is 0. The maximum absolute atomic E-state index is 6.12. The zero-order valence-electron chi connectivity index (χ0n) is 9.69. The van der Waals surface area contributed by atoms with Gasteiger partial charge in [-0.3, -0.25) is 0 Å². The normalized spacial score (nSPS) is 12.5. The average molecular weight is 258 g/mol. The van der Waals surface area contributed by atoms with Crippen LogP contribution in [0.3, 0.4) is 0 Å². The Balaban J connectivity index is 2.58. The van der Waals surface area contributed by atoms with Crippen LogP contribution >= 0.6 is 23.2 Å². The summed E-state index contributed by atoms with van der Waals surface area (Å²) in [4.78, 5) is 0. The highest BCUT2D eigenvalue weighted by molar-refractivity contribution is 6.35. The maximum atomic E-state index is 6.12. The first-order chi connectivity index (χ1) is 7.50. The van der Waals surface area contributed by atoms with Gasteiger partial charge in [0.05, 0.1) is 0 Å². The summed E-state index contributed by atoms with van der Waals surface area (Å²) in [6.45, 7) is 8.90. The highest BCUT2D eigenvalue weighted by atomic mass is 35.5. The van der Waals surface area contributed by atoms with Crippen molar-refractivity contribution in [3.63, 3.8) is 0 Å². The SMILES string of the molecule is C=C(C)CCNC(C)c1ccc(Cl)cc1Cl. The van der Waals surface area contributed by atoms with E-state index in [4.69, 9.17) is 23.2 Å². The van der Waals surface area contributed by atoms with Gasteiger partial charge >= 0.3 is 0 Å². The predicted octanol–water partition coefficient (Wildman–Crippen LogP) is 4.61. The molecular weight excluding hydrogens is 241 g/mol. The fraction of sp³-hybridized carbons (Fsp3) is 0.385. The summed E-state index contributed by atoms with van der Waals surface area (Å²) < 4.78 is 0. The van der Waals surface area contributed by atoms with Crippen LogP contribution < -0.4 is 5.32 Å². The Morgan fingerprint density at radius 1 is 1.44 bits per heavy atom. The number of halogens is 2. The smallest absolute Gasteiger partial charge is 0.0468 e. The van der Waals surface area contributed by atoms with E-state index < -0.39 is 0 Å². The van der Waals surface area contributed by atoms with Crippen molar-refractivity contribution in [2.75, 3.05) is 6.54 Å². The summed E-state index contributed by atoms with van der Waals surface area (Å²) in [6.07, 6.45) is 0.982. The van der Waals surface area contributed by atoms with E-state index in [1.165, 1.54) is 5.57 Å². The van der Waals surface area contributed by atoms with Gasteiger partial charge < -0.3 is 5.32 Å². The molecule has 0 aromatic heterocycles. The summed E-state index contributed by atoms with van der Waals surface area (Å²) in [7, 11) is 0. The molecule has 16 heavy (non-hydrogen) atoms. The molecule has 1 rings (SSSR count). The number of hydrogen-bond acceptors (Lipinski definition) is 1. The first-order valence-corrected chi connectivity index (χ1v) is 6.09. The van der Waals surface area contributed by atoms with Gasteiger partial charge in [0.2, 0.25) is 0 Å². The van der Waals surface area contributed by atoms with E-state index in [1.807, 2.05) is 19.1 Å².